The van der Waals surface area contributed by atoms with Gasteiger partial charge in [0.2, 0.25) is 17.6 Å². The molecular weight excluding hydrogens is 412 g/mol. The Morgan fingerprint density at radius 2 is 1.53 bits per heavy atom. The van der Waals surface area contributed by atoms with E-state index in [1.807, 2.05) is 31.2 Å². The average Bonchev–Trinajstić information content (AvgIpc) is 2.81. The van der Waals surface area contributed by atoms with E-state index in [0.717, 1.165) is 12.0 Å². The van der Waals surface area contributed by atoms with Crippen molar-refractivity contribution in [3.63, 3.8) is 0 Å². The summed E-state index contributed by atoms with van der Waals surface area (Å²) < 4.78 is 21.4. The summed E-state index contributed by atoms with van der Waals surface area (Å²) in [6, 6.07) is 10.8. The van der Waals surface area contributed by atoms with Crippen LogP contribution in [-0.2, 0) is 16.0 Å². The topological polar surface area (TPSA) is 86.3 Å². The molecule has 1 N–H and O–H groups in total. The number of nitrogens with one attached hydrogen (secondary N) is 1. The lowest BCUT2D eigenvalue weighted by atomic mass is 10.1. The van der Waals surface area contributed by atoms with Crippen molar-refractivity contribution in [3.8, 4) is 23.0 Å². The molecule has 0 bridgehead atoms. The van der Waals surface area contributed by atoms with Gasteiger partial charge in [-0.2, -0.15) is 0 Å². The zero-order chi connectivity index (χ0) is 23.5. The molecule has 0 heterocycles. The molecule has 8 nitrogen and oxygen atoms in total. The summed E-state index contributed by atoms with van der Waals surface area (Å²) in [5.41, 5.74) is 1.45. The molecule has 8 heteroatoms. The Morgan fingerprint density at radius 3 is 2.09 bits per heavy atom. The van der Waals surface area contributed by atoms with E-state index in [-0.39, 0.29) is 24.8 Å². The third kappa shape index (κ3) is 6.54. The lowest BCUT2D eigenvalue weighted by Crippen LogP contribution is -2.38. The molecule has 0 fully saturated rings. The number of methoxy groups -OCH3 is 4. The number of rotatable bonds is 12. The number of benzene rings is 2. The van der Waals surface area contributed by atoms with Gasteiger partial charge < -0.3 is 29.2 Å². The number of ether oxygens (including phenoxy) is 4. The molecule has 0 atom stereocenters. The summed E-state index contributed by atoms with van der Waals surface area (Å²) in [4.78, 5) is 27.0. The summed E-state index contributed by atoms with van der Waals surface area (Å²) in [6.07, 6.45) is 1.47. The highest BCUT2D eigenvalue weighted by molar-refractivity contribution is 5.95. The maximum atomic E-state index is 12.9. The summed E-state index contributed by atoms with van der Waals surface area (Å²) in [5.74, 6) is 1.77. The number of carbonyl (C=O) groups excluding carboxylic acids is 2. The van der Waals surface area contributed by atoms with Crippen LogP contribution in [0.15, 0.2) is 36.4 Å². The number of aryl methyl sites for hydroxylation is 1. The van der Waals surface area contributed by atoms with E-state index in [4.69, 9.17) is 18.9 Å². The minimum atomic E-state index is -0.274. The first-order chi connectivity index (χ1) is 15.5. The fraction of sp³-hybridized carbons (Fsp3) is 0.417. The van der Waals surface area contributed by atoms with E-state index in [2.05, 4.69) is 5.32 Å². The monoisotopic (exact) mass is 444 g/mol. The first-order valence-corrected chi connectivity index (χ1v) is 10.5. The summed E-state index contributed by atoms with van der Waals surface area (Å²) in [7, 11) is 6.19. The Bertz CT molecular complexity index is 890. The van der Waals surface area contributed by atoms with Gasteiger partial charge in [0.15, 0.2) is 11.5 Å². The molecule has 0 unspecified atom stereocenters. The molecule has 0 saturated heterocycles. The third-order valence-electron chi connectivity index (χ3n) is 4.91. The van der Waals surface area contributed by atoms with Gasteiger partial charge in [-0.1, -0.05) is 19.1 Å². The van der Waals surface area contributed by atoms with Crippen LogP contribution in [-0.4, -0.2) is 58.2 Å². The Morgan fingerprint density at radius 1 is 0.906 bits per heavy atom. The molecule has 0 aliphatic heterocycles. The van der Waals surface area contributed by atoms with Crippen LogP contribution < -0.4 is 24.3 Å². The maximum absolute atomic E-state index is 12.9. The van der Waals surface area contributed by atoms with Gasteiger partial charge in [0.1, 0.15) is 5.75 Å². The van der Waals surface area contributed by atoms with Crippen molar-refractivity contribution in [2.45, 2.75) is 26.2 Å². The van der Waals surface area contributed by atoms with Gasteiger partial charge in [-0.05, 0) is 42.7 Å². The van der Waals surface area contributed by atoms with Crippen LogP contribution in [0.2, 0.25) is 0 Å². The van der Waals surface area contributed by atoms with Gasteiger partial charge >= 0.3 is 0 Å². The number of anilines is 1. The highest BCUT2D eigenvalue weighted by Crippen LogP contribution is 2.38. The van der Waals surface area contributed by atoms with Gasteiger partial charge in [0.25, 0.3) is 0 Å². The second-order valence-corrected chi connectivity index (χ2v) is 7.10. The fourth-order valence-corrected chi connectivity index (χ4v) is 3.36. The van der Waals surface area contributed by atoms with Gasteiger partial charge in [-0.15, -0.1) is 0 Å². The first kappa shape index (κ1) is 24.8. The molecule has 32 heavy (non-hydrogen) atoms. The smallest absolute Gasteiger partial charge is 0.244 e. The predicted molar refractivity (Wildman–Crippen MR) is 123 cm³/mol. The van der Waals surface area contributed by atoms with Gasteiger partial charge in [0.05, 0.1) is 40.7 Å². The molecule has 2 aromatic rings. The van der Waals surface area contributed by atoms with Crippen LogP contribution in [0.3, 0.4) is 0 Å². The Hall–Kier alpha value is -3.42. The van der Waals surface area contributed by atoms with Gasteiger partial charge in [0, 0.05) is 13.0 Å². The molecule has 2 amide bonds. The van der Waals surface area contributed by atoms with E-state index in [0.29, 0.717) is 41.7 Å². The van der Waals surface area contributed by atoms with Gasteiger partial charge in [-0.3, -0.25) is 9.59 Å². The highest BCUT2D eigenvalue weighted by atomic mass is 16.5. The fourth-order valence-electron chi connectivity index (χ4n) is 3.36. The molecule has 2 rings (SSSR count). The number of para-hydroxylation sites is 2. The maximum Gasteiger partial charge on any atom is 0.244 e. The number of carbonyl (C=O) groups is 2. The van der Waals surface area contributed by atoms with Crippen molar-refractivity contribution in [3.05, 3.63) is 42.0 Å². The molecule has 0 aliphatic carbocycles. The third-order valence-corrected chi connectivity index (χ3v) is 4.91. The molecular formula is C24H32N2O6. The minimum Gasteiger partial charge on any atom is -0.495 e. The molecule has 0 saturated carbocycles. The van der Waals surface area contributed by atoms with Crippen LogP contribution >= 0.6 is 0 Å². The molecule has 0 aromatic heterocycles. The van der Waals surface area contributed by atoms with Crippen LogP contribution in [0.25, 0.3) is 0 Å². The highest BCUT2D eigenvalue weighted by Gasteiger charge is 2.19. The van der Waals surface area contributed by atoms with E-state index in [1.54, 1.807) is 45.5 Å². The zero-order valence-corrected chi connectivity index (χ0v) is 19.4. The predicted octanol–water partition coefficient (Wildman–Crippen LogP) is 3.53. The van der Waals surface area contributed by atoms with Crippen LogP contribution in [0.4, 0.5) is 5.69 Å². The Balaban J connectivity index is 2.05. The zero-order valence-electron chi connectivity index (χ0n) is 19.4. The quantitative estimate of drug-likeness (QED) is 0.539. The number of hydrogen-bond donors (Lipinski definition) is 1. The van der Waals surface area contributed by atoms with Crippen molar-refractivity contribution < 1.29 is 28.5 Å². The normalized spacial score (nSPS) is 10.3. The molecule has 2 aromatic carbocycles. The van der Waals surface area contributed by atoms with E-state index in [1.165, 1.54) is 0 Å². The van der Waals surface area contributed by atoms with Crippen LogP contribution in [0.5, 0.6) is 23.0 Å². The average molecular weight is 445 g/mol. The Labute approximate surface area is 189 Å². The second-order valence-electron chi connectivity index (χ2n) is 7.10. The molecule has 174 valence electrons. The number of hydrogen-bond acceptors (Lipinski definition) is 6. The molecule has 0 radical (unpaired) electrons. The van der Waals surface area contributed by atoms with E-state index >= 15 is 0 Å². The van der Waals surface area contributed by atoms with E-state index in [9.17, 15) is 9.59 Å². The Kier molecular flexibility index (Phi) is 9.66. The van der Waals surface area contributed by atoms with Crippen LogP contribution in [0, 0.1) is 0 Å². The van der Waals surface area contributed by atoms with Crippen molar-refractivity contribution in [1.82, 2.24) is 4.90 Å². The molecule has 0 aliphatic rings. The first-order valence-electron chi connectivity index (χ1n) is 10.5. The van der Waals surface area contributed by atoms with Crippen molar-refractivity contribution in [1.29, 1.82) is 0 Å². The largest absolute Gasteiger partial charge is 0.495 e. The number of nitrogens with zero attached hydrogens (tertiary/aromatic N) is 1. The summed E-state index contributed by atoms with van der Waals surface area (Å²) >= 11 is 0. The van der Waals surface area contributed by atoms with Crippen molar-refractivity contribution in [2.24, 2.45) is 0 Å². The second kappa shape index (κ2) is 12.4. The standard InChI is InChI=1S/C24H32N2O6/c1-6-13-26(16-22(27)25-18-9-7-8-10-19(18)29-2)23(28)12-11-17-14-20(30-3)24(32-5)21(15-17)31-4/h7-10,14-15H,6,11-13,16H2,1-5H3,(H,25,27). The number of amides is 2. The lowest BCUT2D eigenvalue weighted by molar-refractivity contribution is -0.134. The summed E-state index contributed by atoms with van der Waals surface area (Å²) in [5, 5.41) is 2.82. The molecule has 0 spiro atoms. The van der Waals surface area contributed by atoms with Crippen molar-refractivity contribution in [2.75, 3.05) is 46.8 Å². The van der Waals surface area contributed by atoms with Crippen molar-refractivity contribution >= 4 is 17.5 Å². The lowest BCUT2D eigenvalue weighted by Gasteiger charge is -2.22. The van der Waals surface area contributed by atoms with Gasteiger partial charge in [-0.25, -0.2) is 0 Å². The minimum absolute atomic E-state index is 0.0278. The SMILES string of the molecule is CCCN(CC(=O)Nc1ccccc1OC)C(=O)CCc1cc(OC)c(OC)c(OC)c1. The summed E-state index contributed by atoms with van der Waals surface area (Å²) in [6.45, 7) is 2.44. The van der Waals surface area contributed by atoms with Crippen LogP contribution in [0.1, 0.15) is 25.3 Å². The van der Waals surface area contributed by atoms with E-state index < -0.39 is 0 Å².